The summed E-state index contributed by atoms with van der Waals surface area (Å²) in [5.41, 5.74) is 19.3. The number of carbonyl (C=O) groups is 1. The zero-order valence-electron chi connectivity index (χ0n) is 61.0. The molecule has 24 nitrogen and oxygen atoms in total. The molecule has 19 aromatic rings. The highest BCUT2D eigenvalue weighted by Gasteiger charge is 2.21. The van der Waals surface area contributed by atoms with Crippen molar-refractivity contribution in [2.45, 2.75) is 41.2 Å². The third kappa shape index (κ3) is 18.1. The van der Waals surface area contributed by atoms with Crippen LogP contribution in [0.15, 0.2) is 267 Å². The molecule has 115 heavy (non-hydrogen) atoms. The number of thioether (sulfide) groups is 1. The number of amides is 1. The summed E-state index contributed by atoms with van der Waals surface area (Å²) < 4.78 is 50.7. The molecular formula is C83H65N19O5S8. The number of aryl methyl sites for hydroxylation is 2. The van der Waals surface area contributed by atoms with E-state index in [-0.39, 0.29) is 15.7 Å². The number of primary sulfonamides is 2. The molecule has 0 saturated carbocycles. The van der Waals surface area contributed by atoms with E-state index in [0.29, 0.717) is 46.8 Å². The second-order valence-electron chi connectivity index (χ2n) is 26.1. The molecule has 1 aliphatic rings. The number of nitrogens with two attached hydrogens (primary N) is 3. The number of rotatable bonds is 13. The van der Waals surface area contributed by atoms with E-state index < -0.39 is 20.0 Å². The quantitative estimate of drug-likeness (QED) is 0.0484. The summed E-state index contributed by atoms with van der Waals surface area (Å²) in [6, 6.07) is 60.8. The number of hydrogen-bond donors (Lipinski definition) is 9. The van der Waals surface area contributed by atoms with Crippen LogP contribution in [0.4, 0.5) is 69.6 Å². The largest absolute Gasteiger partial charge is 0.399 e. The third-order valence-electron chi connectivity index (χ3n) is 17.7. The Morgan fingerprint density at radius 1 is 0.383 bits per heavy atom. The molecule has 12 N–H and O–H groups in total. The number of sulfonamides is 2. The van der Waals surface area contributed by atoms with E-state index in [1.165, 1.54) is 66.7 Å². The van der Waals surface area contributed by atoms with E-state index >= 15 is 0 Å². The maximum atomic E-state index is 11.5. The van der Waals surface area contributed by atoms with Gasteiger partial charge >= 0.3 is 0 Å². The zero-order valence-corrected chi connectivity index (χ0v) is 67.5. The van der Waals surface area contributed by atoms with Crippen molar-refractivity contribution < 1.29 is 21.6 Å². The number of benzene rings is 9. The molecule has 0 aliphatic carbocycles. The average molecular weight is 1670 g/mol. The summed E-state index contributed by atoms with van der Waals surface area (Å²) in [7, 11) is -7.50. The Hall–Kier alpha value is -12.6. The first kappa shape index (κ1) is 76.4. The van der Waals surface area contributed by atoms with Gasteiger partial charge < -0.3 is 37.6 Å². The van der Waals surface area contributed by atoms with Gasteiger partial charge in [0.2, 0.25) is 55.7 Å². The molecule has 0 radical (unpaired) electrons. The van der Waals surface area contributed by atoms with Crippen LogP contribution in [-0.2, 0) is 30.6 Å². The van der Waals surface area contributed by atoms with Crippen molar-refractivity contribution in [1.29, 1.82) is 0 Å². The summed E-state index contributed by atoms with van der Waals surface area (Å²) in [5.74, 6) is 3.39. The van der Waals surface area contributed by atoms with Gasteiger partial charge in [-0.25, -0.2) is 77.0 Å². The minimum atomic E-state index is -3.75. The van der Waals surface area contributed by atoms with Crippen molar-refractivity contribution >= 4 is 248 Å². The predicted molar refractivity (Wildman–Crippen MR) is 474 cm³/mol. The summed E-state index contributed by atoms with van der Waals surface area (Å²) in [6.07, 6.45) is 9.07. The van der Waals surface area contributed by atoms with Gasteiger partial charge in [-0.3, -0.25) is 4.79 Å². The van der Waals surface area contributed by atoms with E-state index in [2.05, 4.69) is 185 Å². The number of anilines is 12. The summed E-state index contributed by atoms with van der Waals surface area (Å²) >= 11 is 10.2. The predicted octanol–water partition coefficient (Wildman–Crippen LogP) is 20.4. The SMILES string of the molecule is CC(=O)Nc1cccc(Nc2ncc3ccc4sccc4c3n2)c1.Cc1cc(C)cc(Nc2ncc3ccc4sccc4c3n2)c1.NS(=O)(=O)c1cccc(Nc2ncc3c(n2)-c2ccsc2CS3)c1.NS(=O)(=O)c1cccc(Nc2ncc3ccc4sccc4c3n2)c1.Nc1cccc(Nc2ncc3ccc4sccc4c3n2)c1. The highest BCUT2D eigenvalue weighted by atomic mass is 32.2. The Morgan fingerprint density at radius 3 is 1.17 bits per heavy atom. The molecule has 0 bridgehead atoms. The molecule has 9 aromatic carbocycles. The van der Waals surface area contributed by atoms with E-state index in [4.69, 9.17) is 21.0 Å². The second kappa shape index (κ2) is 33.2. The topological polar surface area (TPSA) is 364 Å². The number of hydrogen-bond acceptors (Lipinski definition) is 27. The molecule has 11 heterocycles. The number of nitrogen functional groups attached to an aromatic ring is 1. The Kier molecular flexibility index (Phi) is 22.1. The lowest BCUT2D eigenvalue weighted by atomic mass is 10.1. The van der Waals surface area contributed by atoms with Gasteiger partial charge in [0.05, 0.1) is 42.4 Å². The van der Waals surface area contributed by atoms with Gasteiger partial charge in [-0.05, 0) is 216 Å². The van der Waals surface area contributed by atoms with Gasteiger partial charge in [0.15, 0.2) is 0 Å². The van der Waals surface area contributed by atoms with Crippen LogP contribution in [0.2, 0.25) is 0 Å². The van der Waals surface area contributed by atoms with Gasteiger partial charge in [-0.15, -0.1) is 68.4 Å². The average Bonchev–Trinajstić information content (AvgIpc) is 1.25. The summed E-state index contributed by atoms with van der Waals surface area (Å²) in [4.78, 5) is 58.6. The lowest BCUT2D eigenvalue weighted by molar-refractivity contribution is -0.114. The highest BCUT2D eigenvalue weighted by Crippen LogP contribution is 2.43. The van der Waals surface area contributed by atoms with Crippen LogP contribution >= 0.6 is 68.4 Å². The fourth-order valence-corrected chi connectivity index (χ4v) is 18.9. The summed E-state index contributed by atoms with van der Waals surface area (Å²) in [5, 5.41) is 47.8. The fraction of sp³-hybridized carbons (Fsp3) is 0.0482. The number of fused-ring (bicyclic) bond motifs is 15. The van der Waals surface area contributed by atoms with Crippen LogP contribution in [0, 0.1) is 13.8 Å². The molecule has 1 aliphatic heterocycles. The lowest BCUT2D eigenvalue weighted by Crippen LogP contribution is -2.12. The Morgan fingerprint density at radius 2 is 0.748 bits per heavy atom. The maximum Gasteiger partial charge on any atom is 0.238 e. The van der Waals surface area contributed by atoms with Crippen LogP contribution in [0.25, 0.3) is 95.2 Å². The molecule has 1 amide bonds. The maximum absolute atomic E-state index is 11.5. The molecule has 10 aromatic heterocycles. The van der Waals surface area contributed by atoms with Crippen LogP contribution in [0.3, 0.4) is 0 Å². The smallest absolute Gasteiger partial charge is 0.238 e. The molecule has 20 rings (SSSR count). The lowest BCUT2D eigenvalue weighted by Gasteiger charge is -2.15. The number of nitrogens with zero attached hydrogens (tertiary/aromatic N) is 10. The number of thiophene rings is 5. The van der Waals surface area contributed by atoms with Crippen molar-refractivity contribution in [1.82, 2.24) is 49.8 Å². The van der Waals surface area contributed by atoms with Gasteiger partial charge in [0, 0.05) is 156 Å². The van der Waals surface area contributed by atoms with E-state index in [0.717, 1.165) is 109 Å². The van der Waals surface area contributed by atoms with Crippen molar-refractivity contribution in [2.75, 3.05) is 37.6 Å². The number of nitrogens with one attached hydrogen (secondary N) is 6. The monoisotopic (exact) mass is 1660 g/mol. The first-order chi connectivity index (χ1) is 55.7. The third-order valence-corrected chi connectivity index (χ3v) is 25.2. The zero-order chi connectivity index (χ0) is 79.3. The van der Waals surface area contributed by atoms with Gasteiger partial charge in [-0.1, -0.05) is 30.3 Å². The van der Waals surface area contributed by atoms with Crippen LogP contribution in [0.1, 0.15) is 22.9 Å². The van der Waals surface area contributed by atoms with Gasteiger partial charge in [-0.2, -0.15) is 0 Å². The minimum absolute atomic E-state index is 0.0357. The molecule has 0 spiro atoms. The van der Waals surface area contributed by atoms with Gasteiger partial charge in [0.25, 0.3) is 0 Å². The standard InChI is InChI=1S/C18H14N4OS.C18H15N3S.C16H12N4O2S2.C16H12N4S.C15H12N4O2S3/c1-11(23)20-13-3-2-4-14(9-13)21-18-19-10-12-5-6-16-15(7-8-24-16)17(12)22-18;1-11-7-12(2)9-14(8-11)20-18-19-10-13-3-4-16-15(5-6-22-16)17(13)21-18;17-24(21,22)12-3-1-2-11(8-12)19-16-18-9-10-4-5-14-13(6-7-23-14)15(10)20-16;17-11-2-1-3-12(8-11)19-16-18-9-10-4-5-14-13(6-7-21-14)15(10)20-16;16-24(20,21)10-3-1-2-9(6-10)18-15-17-7-12-14(19-15)11-4-5-22-13(11)8-23-12/h2-10H,1H3,(H,20,23)(H,19,21,22);3-10H,1-2H3,(H,19,20,21);1-9H,(H2,17,21,22)(H,18,19,20);1-9H,17H2,(H,18,19,20);1-7H,8H2,(H2,16,20,21)(H,17,18,19). The molecule has 0 atom stereocenters. The number of aromatic nitrogens is 10. The molecule has 0 unspecified atom stereocenters. The summed E-state index contributed by atoms with van der Waals surface area (Å²) in [6.45, 7) is 5.67. The highest BCUT2D eigenvalue weighted by molar-refractivity contribution is 7.98. The normalized spacial score (nSPS) is 11.7. The van der Waals surface area contributed by atoms with E-state index in [9.17, 15) is 21.6 Å². The molecular weight excluding hydrogens is 1600 g/mol. The molecule has 32 heteroatoms. The van der Waals surface area contributed by atoms with E-state index in [1.54, 1.807) is 105 Å². The van der Waals surface area contributed by atoms with E-state index in [1.807, 2.05) is 96.8 Å². The van der Waals surface area contributed by atoms with Crippen LogP contribution in [-0.4, -0.2) is 72.6 Å². The first-order valence-electron chi connectivity index (χ1n) is 35.2. The Labute approximate surface area is 682 Å². The van der Waals surface area contributed by atoms with Gasteiger partial charge in [0.1, 0.15) is 0 Å². The fourth-order valence-electron chi connectivity index (χ4n) is 12.6. The molecule has 0 fully saturated rings. The van der Waals surface area contributed by atoms with Crippen LogP contribution in [0.5, 0.6) is 0 Å². The Balaban J connectivity index is 0.000000108. The van der Waals surface area contributed by atoms with Crippen molar-refractivity contribution in [3.8, 4) is 11.3 Å². The second-order valence-corrected chi connectivity index (χ2v) is 35.0. The molecule has 570 valence electrons. The molecule has 0 saturated heterocycles. The Bertz CT molecular complexity index is 7140. The minimum Gasteiger partial charge on any atom is -0.399 e. The first-order valence-corrected chi connectivity index (χ1v) is 43.7. The van der Waals surface area contributed by atoms with Crippen molar-refractivity contribution in [3.05, 3.63) is 268 Å². The van der Waals surface area contributed by atoms with Crippen molar-refractivity contribution in [2.24, 2.45) is 10.3 Å². The van der Waals surface area contributed by atoms with Crippen molar-refractivity contribution in [3.63, 3.8) is 0 Å². The van der Waals surface area contributed by atoms with Crippen LogP contribution < -0.4 is 47.9 Å². The number of carbonyl (C=O) groups excluding carboxylic acids is 1.